The number of nitrogens with one attached hydrogen (secondary N) is 1. The van der Waals surface area contributed by atoms with Gasteiger partial charge in [0.1, 0.15) is 0 Å². The van der Waals surface area contributed by atoms with E-state index in [9.17, 15) is 4.79 Å². The summed E-state index contributed by atoms with van der Waals surface area (Å²) in [6.45, 7) is 6.03. The molecule has 66 valence electrons. The second kappa shape index (κ2) is 5.13. The average molecular weight is 159 g/mol. The van der Waals surface area contributed by atoms with Crippen molar-refractivity contribution in [3.63, 3.8) is 0 Å². The average Bonchev–Trinajstić information content (AvgIpc) is 1.84. The molecule has 3 heteroatoms. The number of carboxylic acid groups (broad SMARTS) is 1. The van der Waals surface area contributed by atoms with Gasteiger partial charge in [-0.1, -0.05) is 20.8 Å². The van der Waals surface area contributed by atoms with Crippen molar-refractivity contribution in [1.29, 1.82) is 0 Å². The molecule has 0 aliphatic rings. The van der Waals surface area contributed by atoms with Crippen molar-refractivity contribution in [3.8, 4) is 0 Å². The summed E-state index contributed by atoms with van der Waals surface area (Å²) in [5, 5.41) is 11.7. The van der Waals surface area contributed by atoms with Crippen molar-refractivity contribution in [2.45, 2.75) is 45.7 Å². The van der Waals surface area contributed by atoms with Crippen LogP contribution < -0.4 is 5.32 Å². The number of carboxylic acids is 1. The maximum absolute atomic E-state index is 10.3. The molecule has 3 nitrogen and oxygen atoms in total. The van der Waals surface area contributed by atoms with Crippen molar-refractivity contribution in [2.75, 3.05) is 0 Å². The second-order valence-corrected chi connectivity index (χ2v) is 3.02. The molecular weight excluding hydrogens is 142 g/mol. The third kappa shape index (κ3) is 5.85. The largest absolute Gasteiger partial charge is 0.481 e. The number of hydrogen-bond donors (Lipinski definition) is 2. The lowest BCUT2D eigenvalue weighted by Gasteiger charge is -2.17. The van der Waals surface area contributed by atoms with Crippen LogP contribution in [0.2, 0.25) is 0 Å². The molecule has 0 aromatic carbocycles. The van der Waals surface area contributed by atoms with E-state index in [0.717, 1.165) is 6.42 Å². The lowest BCUT2D eigenvalue weighted by atomic mass is 10.1. The van der Waals surface area contributed by atoms with Gasteiger partial charge in [0.25, 0.3) is 0 Å². The first-order valence-electron chi connectivity index (χ1n) is 4.04. The molecule has 0 radical (unpaired) electrons. The Morgan fingerprint density at radius 2 is 2.09 bits per heavy atom. The predicted octanol–water partition coefficient (Wildman–Crippen LogP) is 1.24. The summed E-state index contributed by atoms with van der Waals surface area (Å²) in [5.74, 6) is -0.731. The molecule has 1 unspecified atom stereocenters. The third-order valence-corrected chi connectivity index (χ3v) is 1.48. The second-order valence-electron chi connectivity index (χ2n) is 3.02. The van der Waals surface area contributed by atoms with Crippen LogP contribution in [0, 0.1) is 0 Å². The highest BCUT2D eigenvalue weighted by Crippen LogP contribution is 1.98. The zero-order chi connectivity index (χ0) is 8.85. The minimum Gasteiger partial charge on any atom is -0.481 e. The zero-order valence-corrected chi connectivity index (χ0v) is 7.42. The van der Waals surface area contributed by atoms with Crippen LogP contribution in [0.25, 0.3) is 0 Å². The quantitative estimate of drug-likeness (QED) is 0.634. The molecular formula is C8H17NO2. The fourth-order valence-electron chi connectivity index (χ4n) is 1.00. The number of aliphatic carboxylic acids is 1. The molecule has 0 spiro atoms. The predicted molar refractivity (Wildman–Crippen MR) is 44.6 cm³/mol. The van der Waals surface area contributed by atoms with E-state index in [1.807, 2.05) is 20.8 Å². The number of carbonyl (C=O) groups is 1. The van der Waals surface area contributed by atoms with Gasteiger partial charge in [-0.2, -0.15) is 0 Å². The highest BCUT2D eigenvalue weighted by Gasteiger charge is 2.10. The maximum atomic E-state index is 10.3. The molecule has 0 heterocycles. The highest BCUT2D eigenvalue weighted by molar-refractivity contribution is 5.67. The van der Waals surface area contributed by atoms with E-state index < -0.39 is 5.97 Å². The Kier molecular flexibility index (Phi) is 4.86. The fraction of sp³-hybridized carbons (Fsp3) is 0.875. The van der Waals surface area contributed by atoms with E-state index in [2.05, 4.69) is 5.32 Å². The summed E-state index contributed by atoms with van der Waals surface area (Å²) in [7, 11) is 0. The SMILES string of the molecule is CCC(CC(=O)O)NC(C)C. The first kappa shape index (κ1) is 10.4. The van der Waals surface area contributed by atoms with Crippen LogP contribution in [0.15, 0.2) is 0 Å². The lowest BCUT2D eigenvalue weighted by Crippen LogP contribution is -2.35. The van der Waals surface area contributed by atoms with Gasteiger partial charge in [-0.15, -0.1) is 0 Å². The summed E-state index contributed by atoms with van der Waals surface area (Å²) in [6.07, 6.45) is 1.08. The van der Waals surface area contributed by atoms with Crippen molar-refractivity contribution in [1.82, 2.24) is 5.32 Å². The summed E-state index contributed by atoms with van der Waals surface area (Å²) in [5.41, 5.74) is 0. The monoisotopic (exact) mass is 159 g/mol. The third-order valence-electron chi connectivity index (χ3n) is 1.48. The smallest absolute Gasteiger partial charge is 0.304 e. The van der Waals surface area contributed by atoms with E-state index in [-0.39, 0.29) is 12.5 Å². The molecule has 0 aliphatic heterocycles. The van der Waals surface area contributed by atoms with Crippen LogP contribution >= 0.6 is 0 Å². The van der Waals surface area contributed by atoms with Crippen molar-refractivity contribution < 1.29 is 9.90 Å². The van der Waals surface area contributed by atoms with Gasteiger partial charge in [0, 0.05) is 12.1 Å². The summed E-state index contributed by atoms with van der Waals surface area (Å²) >= 11 is 0. The Morgan fingerprint density at radius 1 is 1.55 bits per heavy atom. The van der Waals surface area contributed by atoms with Crippen LogP contribution in [0.1, 0.15) is 33.6 Å². The molecule has 0 bridgehead atoms. The zero-order valence-electron chi connectivity index (χ0n) is 7.42. The Bertz CT molecular complexity index is 123. The fourth-order valence-corrected chi connectivity index (χ4v) is 1.00. The van der Waals surface area contributed by atoms with Crippen LogP contribution in [-0.2, 0) is 4.79 Å². The molecule has 0 fully saturated rings. The minimum atomic E-state index is -0.731. The molecule has 1 atom stereocenters. The number of rotatable bonds is 5. The maximum Gasteiger partial charge on any atom is 0.304 e. The summed E-state index contributed by atoms with van der Waals surface area (Å²) in [6, 6.07) is 0.479. The van der Waals surface area contributed by atoms with Crippen molar-refractivity contribution >= 4 is 5.97 Å². The number of hydrogen-bond acceptors (Lipinski definition) is 2. The van der Waals surface area contributed by atoms with Crippen LogP contribution in [0.4, 0.5) is 0 Å². The van der Waals surface area contributed by atoms with Gasteiger partial charge < -0.3 is 10.4 Å². The van der Waals surface area contributed by atoms with E-state index in [1.165, 1.54) is 0 Å². The molecule has 0 saturated heterocycles. The standard InChI is InChI=1S/C8H17NO2/c1-4-7(5-8(10)11)9-6(2)3/h6-7,9H,4-5H2,1-3H3,(H,10,11). The molecule has 0 amide bonds. The first-order valence-corrected chi connectivity index (χ1v) is 4.04. The van der Waals surface area contributed by atoms with Gasteiger partial charge >= 0.3 is 5.97 Å². The molecule has 0 aromatic rings. The minimum absolute atomic E-state index is 0.118. The topological polar surface area (TPSA) is 49.3 Å². The van der Waals surface area contributed by atoms with Crippen LogP contribution in [-0.4, -0.2) is 23.2 Å². The van der Waals surface area contributed by atoms with Crippen LogP contribution in [0.5, 0.6) is 0 Å². The Morgan fingerprint density at radius 3 is 2.36 bits per heavy atom. The van der Waals surface area contributed by atoms with E-state index in [1.54, 1.807) is 0 Å². The van der Waals surface area contributed by atoms with Crippen molar-refractivity contribution in [2.24, 2.45) is 0 Å². The van der Waals surface area contributed by atoms with E-state index in [0.29, 0.717) is 6.04 Å². The van der Waals surface area contributed by atoms with Gasteiger partial charge in [0.2, 0.25) is 0 Å². The van der Waals surface area contributed by atoms with Gasteiger partial charge in [-0.05, 0) is 6.42 Å². The van der Waals surface area contributed by atoms with Crippen molar-refractivity contribution in [3.05, 3.63) is 0 Å². The molecule has 0 saturated carbocycles. The molecule has 0 rings (SSSR count). The lowest BCUT2D eigenvalue weighted by molar-refractivity contribution is -0.137. The van der Waals surface area contributed by atoms with Gasteiger partial charge in [0.05, 0.1) is 6.42 Å². The normalized spacial score (nSPS) is 13.5. The van der Waals surface area contributed by atoms with Crippen LogP contribution in [0.3, 0.4) is 0 Å². The van der Waals surface area contributed by atoms with Gasteiger partial charge in [0.15, 0.2) is 0 Å². The summed E-state index contributed by atoms with van der Waals surface area (Å²) < 4.78 is 0. The van der Waals surface area contributed by atoms with Gasteiger partial charge in [-0.3, -0.25) is 4.79 Å². The molecule has 11 heavy (non-hydrogen) atoms. The molecule has 2 N–H and O–H groups in total. The van der Waals surface area contributed by atoms with E-state index in [4.69, 9.17) is 5.11 Å². The first-order chi connectivity index (χ1) is 5.06. The van der Waals surface area contributed by atoms with Gasteiger partial charge in [-0.25, -0.2) is 0 Å². The Balaban J connectivity index is 3.66. The highest BCUT2D eigenvalue weighted by atomic mass is 16.4. The summed E-state index contributed by atoms with van der Waals surface area (Å²) in [4.78, 5) is 10.3. The Hall–Kier alpha value is -0.570. The molecule has 0 aliphatic carbocycles. The molecule has 0 aromatic heterocycles. The van der Waals surface area contributed by atoms with E-state index >= 15 is 0 Å². The Labute approximate surface area is 67.8 Å².